The molecule has 20 heavy (non-hydrogen) atoms. The Bertz CT molecular complexity index is 544. The number of rotatable bonds is 0. The Morgan fingerprint density at radius 2 is 1.75 bits per heavy atom. The van der Waals surface area contributed by atoms with E-state index in [4.69, 9.17) is 4.74 Å². The minimum absolute atomic E-state index is 0.139. The van der Waals surface area contributed by atoms with E-state index in [1.165, 1.54) is 42.0 Å². The highest BCUT2D eigenvalue weighted by molar-refractivity contribution is 5.85. The molecule has 0 aromatic heterocycles. The third-order valence-electron chi connectivity index (χ3n) is 4.35. The zero-order chi connectivity index (χ0) is 13.8. The van der Waals surface area contributed by atoms with Gasteiger partial charge in [-0.25, -0.2) is 0 Å². The van der Waals surface area contributed by atoms with Crippen LogP contribution in [0, 0.1) is 6.92 Å². The number of benzene rings is 2. The fourth-order valence-corrected chi connectivity index (χ4v) is 3.23. The minimum atomic E-state index is 0.139. The highest BCUT2D eigenvalue weighted by Crippen LogP contribution is 2.32. The molecule has 1 saturated heterocycles. The summed E-state index contributed by atoms with van der Waals surface area (Å²) in [4.78, 5) is 0. The van der Waals surface area contributed by atoms with Gasteiger partial charge in [-0.05, 0) is 48.9 Å². The van der Waals surface area contributed by atoms with E-state index in [2.05, 4.69) is 54.7 Å². The summed E-state index contributed by atoms with van der Waals surface area (Å²) in [5, 5.41) is 6.09. The molecule has 2 aliphatic rings. The van der Waals surface area contributed by atoms with Crippen LogP contribution < -0.4 is 5.32 Å². The minimum Gasteiger partial charge on any atom is -0.359 e. The summed E-state index contributed by atoms with van der Waals surface area (Å²) < 4.78 is 5.59. The van der Waals surface area contributed by atoms with Gasteiger partial charge in [-0.1, -0.05) is 42.5 Å². The maximum atomic E-state index is 5.59. The Kier molecular flexibility index (Phi) is 4.04. The van der Waals surface area contributed by atoms with Crippen LogP contribution in [0.2, 0.25) is 0 Å². The molecule has 4 rings (SSSR count). The second-order valence-electron chi connectivity index (χ2n) is 5.77. The molecular weight excluding hydrogens is 246 g/mol. The van der Waals surface area contributed by atoms with Gasteiger partial charge in [0.15, 0.2) is 0 Å². The maximum Gasteiger partial charge on any atom is 0.119 e. The lowest BCUT2D eigenvalue weighted by molar-refractivity contribution is -0.00349. The second kappa shape index (κ2) is 5.94. The first-order valence-electron chi connectivity index (χ1n) is 7.62. The molecule has 1 N–H and O–H groups in total. The molecule has 2 heteroatoms. The van der Waals surface area contributed by atoms with Crippen molar-refractivity contribution in [2.45, 2.75) is 38.3 Å². The predicted octanol–water partition coefficient (Wildman–Crippen LogP) is 4.02. The van der Waals surface area contributed by atoms with Crippen molar-refractivity contribution in [2.75, 3.05) is 13.2 Å². The summed E-state index contributed by atoms with van der Waals surface area (Å²) in [7, 11) is 0. The largest absolute Gasteiger partial charge is 0.359 e. The van der Waals surface area contributed by atoms with Gasteiger partial charge in [0.1, 0.15) is 5.72 Å². The van der Waals surface area contributed by atoms with Crippen LogP contribution in [0.1, 0.15) is 31.2 Å². The molecule has 0 amide bonds. The fraction of sp³-hybridized carbons (Fsp3) is 0.444. The molecule has 1 aliphatic carbocycles. The molecular formula is C18H23NO. The van der Waals surface area contributed by atoms with Crippen LogP contribution in [0.5, 0.6) is 0 Å². The number of hydrogen-bond donors (Lipinski definition) is 1. The van der Waals surface area contributed by atoms with Crippen molar-refractivity contribution in [3.63, 3.8) is 0 Å². The lowest BCUT2D eigenvalue weighted by atomic mass is 10.1. The molecule has 2 aromatic rings. The van der Waals surface area contributed by atoms with Crippen molar-refractivity contribution in [3.05, 3.63) is 48.0 Å². The third-order valence-corrected chi connectivity index (χ3v) is 4.35. The first-order valence-corrected chi connectivity index (χ1v) is 7.62. The lowest BCUT2D eigenvalue weighted by Crippen LogP contribution is -2.37. The van der Waals surface area contributed by atoms with Crippen molar-refractivity contribution in [3.8, 4) is 0 Å². The van der Waals surface area contributed by atoms with E-state index in [0.29, 0.717) is 0 Å². The van der Waals surface area contributed by atoms with Crippen molar-refractivity contribution < 1.29 is 4.74 Å². The van der Waals surface area contributed by atoms with Crippen molar-refractivity contribution in [1.82, 2.24) is 5.32 Å². The van der Waals surface area contributed by atoms with E-state index >= 15 is 0 Å². The summed E-state index contributed by atoms with van der Waals surface area (Å²) in [6, 6.07) is 14.8. The molecule has 2 fully saturated rings. The number of ether oxygens (including phenoxy) is 1. The van der Waals surface area contributed by atoms with Gasteiger partial charge in [0.25, 0.3) is 0 Å². The number of hydrogen-bond acceptors (Lipinski definition) is 2. The van der Waals surface area contributed by atoms with Crippen LogP contribution >= 0.6 is 0 Å². The van der Waals surface area contributed by atoms with Gasteiger partial charge in [-0.3, -0.25) is 5.32 Å². The Morgan fingerprint density at radius 1 is 1.00 bits per heavy atom. The van der Waals surface area contributed by atoms with E-state index in [-0.39, 0.29) is 5.72 Å². The standard InChI is InChI=1S/C11H10.C7H13NO/c1-9-5-4-7-10-6-2-3-8-11(9)10;1-2-4-7(3-1)8-5-6-9-7/h2-8H,1H3;8H,1-6H2. The Balaban J connectivity index is 0.000000123. The topological polar surface area (TPSA) is 21.3 Å². The van der Waals surface area contributed by atoms with Gasteiger partial charge in [-0.2, -0.15) is 0 Å². The summed E-state index contributed by atoms with van der Waals surface area (Å²) >= 11 is 0. The molecule has 1 aliphatic heterocycles. The average molecular weight is 269 g/mol. The van der Waals surface area contributed by atoms with E-state index in [9.17, 15) is 0 Å². The first-order chi connectivity index (χ1) is 9.79. The van der Waals surface area contributed by atoms with Gasteiger partial charge in [-0.15, -0.1) is 0 Å². The molecule has 2 aromatic carbocycles. The van der Waals surface area contributed by atoms with Crippen molar-refractivity contribution >= 4 is 10.8 Å². The highest BCUT2D eigenvalue weighted by atomic mass is 16.5. The van der Waals surface area contributed by atoms with Crippen LogP contribution in [0.15, 0.2) is 42.5 Å². The van der Waals surface area contributed by atoms with Crippen molar-refractivity contribution in [2.24, 2.45) is 0 Å². The van der Waals surface area contributed by atoms with Crippen LogP contribution in [-0.2, 0) is 4.74 Å². The SMILES string of the molecule is C1CCC2(C1)NCCO2.Cc1cccc2ccccc12. The van der Waals surface area contributed by atoms with E-state index in [1.54, 1.807) is 0 Å². The number of aryl methyl sites for hydroxylation is 1. The second-order valence-corrected chi connectivity index (χ2v) is 5.77. The predicted molar refractivity (Wildman–Crippen MR) is 83.8 cm³/mol. The Morgan fingerprint density at radius 3 is 2.45 bits per heavy atom. The van der Waals surface area contributed by atoms with Gasteiger partial charge >= 0.3 is 0 Å². The van der Waals surface area contributed by atoms with Gasteiger partial charge in [0, 0.05) is 6.54 Å². The maximum absolute atomic E-state index is 5.59. The summed E-state index contributed by atoms with van der Waals surface area (Å²) in [6.07, 6.45) is 5.14. The molecule has 1 heterocycles. The number of fused-ring (bicyclic) bond motifs is 1. The highest BCUT2D eigenvalue weighted by Gasteiger charge is 2.37. The fourth-order valence-electron chi connectivity index (χ4n) is 3.23. The monoisotopic (exact) mass is 269 g/mol. The zero-order valence-electron chi connectivity index (χ0n) is 12.2. The molecule has 106 valence electrons. The van der Waals surface area contributed by atoms with E-state index < -0.39 is 0 Å². The molecule has 0 radical (unpaired) electrons. The average Bonchev–Trinajstić information content (AvgIpc) is 3.14. The smallest absolute Gasteiger partial charge is 0.119 e. The normalized spacial score (nSPS) is 20.1. The third kappa shape index (κ3) is 2.87. The molecule has 1 spiro atoms. The van der Waals surface area contributed by atoms with Crippen LogP contribution in [0.3, 0.4) is 0 Å². The van der Waals surface area contributed by atoms with Gasteiger partial charge < -0.3 is 4.74 Å². The molecule has 1 saturated carbocycles. The number of nitrogens with one attached hydrogen (secondary N) is 1. The Hall–Kier alpha value is -1.38. The first kappa shape index (κ1) is 13.6. The van der Waals surface area contributed by atoms with Gasteiger partial charge in [0.2, 0.25) is 0 Å². The molecule has 2 nitrogen and oxygen atoms in total. The van der Waals surface area contributed by atoms with Crippen LogP contribution in [0.4, 0.5) is 0 Å². The molecule has 0 bridgehead atoms. The van der Waals surface area contributed by atoms with Crippen LogP contribution in [0.25, 0.3) is 10.8 Å². The molecule has 0 unspecified atom stereocenters. The summed E-state index contributed by atoms with van der Waals surface area (Å²) in [6.45, 7) is 4.11. The van der Waals surface area contributed by atoms with E-state index in [0.717, 1.165) is 13.2 Å². The lowest BCUT2D eigenvalue weighted by Gasteiger charge is -2.21. The van der Waals surface area contributed by atoms with Crippen LogP contribution in [-0.4, -0.2) is 18.9 Å². The zero-order valence-corrected chi connectivity index (χ0v) is 12.2. The quantitative estimate of drug-likeness (QED) is 0.780. The van der Waals surface area contributed by atoms with E-state index in [1.807, 2.05) is 0 Å². The summed E-state index contributed by atoms with van der Waals surface area (Å²) in [5.41, 5.74) is 1.49. The van der Waals surface area contributed by atoms with Crippen molar-refractivity contribution in [1.29, 1.82) is 0 Å². The Labute approximate surface area is 121 Å². The summed E-state index contributed by atoms with van der Waals surface area (Å²) in [5.74, 6) is 0. The van der Waals surface area contributed by atoms with Gasteiger partial charge in [0.05, 0.1) is 6.61 Å². The molecule has 0 atom stereocenters.